The number of nitrogens with zero attached hydrogens (tertiary/aromatic N) is 3. The molecule has 0 saturated heterocycles. The predicted molar refractivity (Wildman–Crippen MR) is 56.7 cm³/mol. The minimum atomic E-state index is 0.475. The molecule has 5 heteroatoms. The normalized spacial score (nSPS) is 10.5. The Balaban J connectivity index is 2.33. The zero-order valence-electron chi connectivity index (χ0n) is 8.27. The maximum absolute atomic E-state index is 5.58. The third-order valence-corrected chi connectivity index (χ3v) is 2.19. The largest absolute Gasteiger partial charge is 0.339 e. The monoisotopic (exact) mass is 223 g/mol. The minimum Gasteiger partial charge on any atom is -0.339 e. The van der Waals surface area contributed by atoms with Crippen molar-refractivity contribution < 1.29 is 4.52 Å². The first-order valence-electron chi connectivity index (χ1n) is 4.62. The average Bonchev–Trinajstić information content (AvgIpc) is 2.68. The van der Waals surface area contributed by atoms with Crippen molar-refractivity contribution >= 4 is 11.6 Å². The minimum absolute atomic E-state index is 0.475. The van der Waals surface area contributed by atoms with Gasteiger partial charge in [-0.05, 0) is 18.6 Å². The Bertz CT molecular complexity index is 455. The van der Waals surface area contributed by atoms with Crippen LogP contribution in [0.3, 0.4) is 0 Å². The molecule has 0 aromatic carbocycles. The number of alkyl halides is 1. The Morgan fingerprint density at radius 1 is 1.47 bits per heavy atom. The second-order valence-corrected chi connectivity index (χ2v) is 3.50. The van der Waals surface area contributed by atoms with Crippen LogP contribution in [0.4, 0.5) is 0 Å². The highest BCUT2D eigenvalue weighted by Gasteiger charge is 2.10. The molecule has 0 spiro atoms. The SMILES string of the molecule is Cc1cccnc1-c1noc(CCCl)n1. The summed E-state index contributed by atoms with van der Waals surface area (Å²) in [7, 11) is 0. The van der Waals surface area contributed by atoms with Crippen molar-refractivity contribution in [3.8, 4) is 11.5 Å². The van der Waals surface area contributed by atoms with Gasteiger partial charge in [0.1, 0.15) is 5.69 Å². The molecule has 0 atom stereocenters. The Morgan fingerprint density at radius 3 is 3.07 bits per heavy atom. The molecule has 0 radical (unpaired) electrons. The number of halogens is 1. The molecule has 0 saturated carbocycles. The number of pyridine rings is 1. The Kier molecular flexibility index (Phi) is 2.97. The van der Waals surface area contributed by atoms with Gasteiger partial charge in [0.15, 0.2) is 0 Å². The molecule has 15 heavy (non-hydrogen) atoms. The van der Waals surface area contributed by atoms with Crippen LogP contribution in [0.15, 0.2) is 22.9 Å². The third-order valence-electron chi connectivity index (χ3n) is 2.00. The molecule has 4 nitrogen and oxygen atoms in total. The standard InChI is InChI=1S/C10H10ClN3O/c1-7-3-2-6-12-9(7)10-13-8(4-5-11)15-14-10/h2-3,6H,4-5H2,1H3. The van der Waals surface area contributed by atoms with E-state index in [2.05, 4.69) is 15.1 Å². The Hall–Kier alpha value is -1.42. The van der Waals surface area contributed by atoms with Crippen molar-refractivity contribution in [3.05, 3.63) is 29.8 Å². The first kappa shape index (κ1) is 10.1. The molecular weight excluding hydrogens is 214 g/mol. The lowest BCUT2D eigenvalue weighted by atomic mass is 10.2. The van der Waals surface area contributed by atoms with E-state index in [0.717, 1.165) is 11.3 Å². The fraction of sp³-hybridized carbons (Fsp3) is 0.300. The van der Waals surface area contributed by atoms with Gasteiger partial charge in [0.05, 0.1) is 0 Å². The van der Waals surface area contributed by atoms with E-state index in [1.54, 1.807) is 6.20 Å². The fourth-order valence-electron chi connectivity index (χ4n) is 1.25. The molecule has 2 aromatic rings. The lowest BCUT2D eigenvalue weighted by molar-refractivity contribution is 0.383. The van der Waals surface area contributed by atoms with E-state index in [1.165, 1.54) is 0 Å². The van der Waals surface area contributed by atoms with E-state index in [-0.39, 0.29) is 0 Å². The van der Waals surface area contributed by atoms with Crippen LogP contribution in [-0.2, 0) is 6.42 Å². The molecule has 0 aliphatic heterocycles. The van der Waals surface area contributed by atoms with Crippen LogP contribution >= 0.6 is 11.6 Å². The third kappa shape index (κ3) is 2.15. The molecule has 2 aromatic heterocycles. The highest BCUT2D eigenvalue weighted by atomic mass is 35.5. The molecule has 0 aliphatic carbocycles. The summed E-state index contributed by atoms with van der Waals surface area (Å²) in [6, 6.07) is 3.83. The second kappa shape index (κ2) is 4.40. The zero-order chi connectivity index (χ0) is 10.7. The van der Waals surface area contributed by atoms with Crippen LogP contribution in [0.25, 0.3) is 11.5 Å². The highest BCUT2D eigenvalue weighted by molar-refractivity contribution is 6.17. The molecule has 0 amide bonds. The van der Waals surface area contributed by atoms with Gasteiger partial charge in [0.2, 0.25) is 11.7 Å². The molecule has 2 heterocycles. The molecule has 2 rings (SSSR count). The zero-order valence-corrected chi connectivity index (χ0v) is 9.03. The van der Waals surface area contributed by atoms with E-state index >= 15 is 0 Å². The van der Waals surface area contributed by atoms with Crippen LogP contribution in [0.2, 0.25) is 0 Å². The second-order valence-electron chi connectivity index (χ2n) is 3.12. The number of rotatable bonds is 3. The van der Waals surface area contributed by atoms with E-state index in [9.17, 15) is 0 Å². The van der Waals surface area contributed by atoms with Crippen LogP contribution in [0.1, 0.15) is 11.5 Å². The van der Waals surface area contributed by atoms with Crippen molar-refractivity contribution in [1.82, 2.24) is 15.1 Å². The van der Waals surface area contributed by atoms with Crippen molar-refractivity contribution in [2.45, 2.75) is 13.3 Å². The molecular formula is C10H10ClN3O. The van der Waals surface area contributed by atoms with Crippen LogP contribution < -0.4 is 0 Å². The average molecular weight is 224 g/mol. The number of aromatic nitrogens is 3. The summed E-state index contributed by atoms with van der Waals surface area (Å²) in [5, 5.41) is 3.86. The lowest BCUT2D eigenvalue weighted by Crippen LogP contribution is -1.90. The maximum atomic E-state index is 5.58. The Morgan fingerprint density at radius 2 is 2.33 bits per heavy atom. The van der Waals surface area contributed by atoms with Crippen LogP contribution in [0, 0.1) is 6.92 Å². The summed E-state index contributed by atoms with van der Waals surface area (Å²) in [5.74, 6) is 1.54. The number of hydrogen-bond donors (Lipinski definition) is 0. The molecule has 0 N–H and O–H groups in total. The van der Waals surface area contributed by atoms with Crippen molar-refractivity contribution in [2.24, 2.45) is 0 Å². The number of aryl methyl sites for hydroxylation is 2. The lowest BCUT2D eigenvalue weighted by Gasteiger charge is -1.96. The van der Waals surface area contributed by atoms with Crippen molar-refractivity contribution in [3.63, 3.8) is 0 Å². The quantitative estimate of drug-likeness (QED) is 0.749. The topological polar surface area (TPSA) is 51.8 Å². The highest BCUT2D eigenvalue weighted by Crippen LogP contribution is 2.16. The predicted octanol–water partition coefficient (Wildman–Crippen LogP) is 2.22. The molecule has 78 valence electrons. The fourth-order valence-corrected chi connectivity index (χ4v) is 1.41. The van der Waals surface area contributed by atoms with Gasteiger partial charge in [-0.1, -0.05) is 11.2 Å². The smallest absolute Gasteiger partial charge is 0.228 e. The van der Waals surface area contributed by atoms with Crippen molar-refractivity contribution in [2.75, 3.05) is 5.88 Å². The van der Waals surface area contributed by atoms with Gasteiger partial charge in [-0.25, -0.2) is 0 Å². The van der Waals surface area contributed by atoms with E-state index < -0.39 is 0 Å². The van der Waals surface area contributed by atoms with E-state index in [4.69, 9.17) is 16.1 Å². The molecule has 0 bridgehead atoms. The Labute approximate surface area is 92.3 Å². The summed E-state index contributed by atoms with van der Waals surface area (Å²) >= 11 is 5.58. The van der Waals surface area contributed by atoms with Crippen LogP contribution in [-0.4, -0.2) is 21.0 Å². The molecule has 0 unspecified atom stereocenters. The summed E-state index contributed by atoms with van der Waals surface area (Å²) < 4.78 is 5.03. The van der Waals surface area contributed by atoms with Gasteiger partial charge in [-0.15, -0.1) is 11.6 Å². The number of hydrogen-bond acceptors (Lipinski definition) is 4. The van der Waals surface area contributed by atoms with Crippen LogP contribution in [0.5, 0.6) is 0 Å². The van der Waals surface area contributed by atoms with E-state index in [1.807, 2.05) is 19.1 Å². The summed E-state index contributed by atoms with van der Waals surface area (Å²) in [6.45, 7) is 1.96. The van der Waals surface area contributed by atoms with Gasteiger partial charge in [-0.3, -0.25) is 4.98 Å². The van der Waals surface area contributed by atoms with Gasteiger partial charge < -0.3 is 4.52 Å². The first-order chi connectivity index (χ1) is 7.31. The van der Waals surface area contributed by atoms with E-state index in [0.29, 0.717) is 24.0 Å². The summed E-state index contributed by atoms with van der Waals surface area (Å²) in [5.41, 5.74) is 1.78. The molecule has 0 aliphatic rings. The van der Waals surface area contributed by atoms with Gasteiger partial charge in [0.25, 0.3) is 0 Å². The first-order valence-corrected chi connectivity index (χ1v) is 5.15. The maximum Gasteiger partial charge on any atom is 0.228 e. The van der Waals surface area contributed by atoms with Gasteiger partial charge in [0, 0.05) is 18.5 Å². The summed E-state index contributed by atoms with van der Waals surface area (Å²) in [6.07, 6.45) is 2.29. The summed E-state index contributed by atoms with van der Waals surface area (Å²) in [4.78, 5) is 8.41. The van der Waals surface area contributed by atoms with Crippen molar-refractivity contribution in [1.29, 1.82) is 0 Å². The van der Waals surface area contributed by atoms with Gasteiger partial charge >= 0.3 is 0 Å². The molecule has 0 fully saturated rings. The van der Waals surface area contributed by atoms with Gasteiger partial charge in [-0.2, -0.15) is 4.98 Å².